The van der Waals surface area contributed by atoms with Crippen LogP contribution in [-0.2, 0) is 11.2 Å². The average Bonchev–Trinajstić information content (AvgIpc) is 3.18. The molecule has 2 aromatic heterocycles. The molecule has 1 aliphatic rings. The van der Waals surface area contributed by atoms with E-state index in [0.29, 0.717) is 37.0 Å². The van der Waals surface area contributed by atoms with E-state index < -0.39 is 0 Å². The third-order valence-electron chi connectivity index (χ3n) is 4.77. The van der Waals surface area contributed by atoms with E-state index in [9.17, 15) is 0 Å². The number of hydrogen-bond acceptors (Lipinski definition) is 6. The number of rotatable bonds is 6. The number of benzene rings is 1. The van der Waals surface area contributed by atoms with Crippen molar-refractivity contribution in [2.75, 3.05) is 31.2 Å². The summed E-state index contributed by atoms with van der Waals surface area (Å²) < 4.78 is 11.7. The lowest BCUT2D eigenvalue weighted by Gasteiger charge is -2.32. The molecule has 152 valence electrons. The summed E-state index contributed by atoms with van der Waals surface area (Å²) >= 11 is 6.12. The molecule has 1 aromatic carbocycles. The number of nitrogens with one attached hydrogen (secondary N) is 1. The van der Waals surface area contributed by atoms with Gasteiger partial charge in [0.15, 0.2) is 0 Å². The Morgan fingerprint density at radius 1 is 1.21 bits per heavy atom. The van der Waals surface area contributed by atoms with E-state index >= 15 is 0 Å². The highest BCUT2D eigenvalue weighted by molar-refractivity contribution is 6.32. The van der Waals surface area contributed by atoms with Gasteiger partial charge in [0.05, 0.1) is 30.5 Å². The number of hydrogen-bond donors (Lipinski definition) is 1. The Bertz CT molecular complexity index is 957. The van der Waals surface area contributed by atoms with Gasteiger partial charge in [-0.2, -0.15) is 5.10 Å². The highest BCUT2D eigenvalue weighted by Gasteiger charge is 2.26. The van der Waals surface area contributed by atoms with E-state index in [2.05, 4.69) is 25.1 Å². The predicted octanol–water partition coefficient (Wildman–Crippen LogP) is 3.67. The van der Waals surface area contributed by atoms with Crippen molar-refractivity contribution in [3.8, 4) is 5.75 Å². The number of aromatic amines is 1. The van der Waals surface area contributed by atoms with Gasteiger partial charge in [-0.05, 0) is 38.1 Å². The van der Waals surface area contributed by atoms with Crippen molar-refractivity contribution >= 4 is 17.5 Å². The van der Waals surface area contributed by atoms with Crippen LogP contribution in [0.5, 0.6) is 5.75 Å². The second-order valence-electron chi connectivity index (χ2n) is 7.10. The zero-order valence-electron chi connectivity index (χ0n) is 16.6. The lowest BCUT2D eigenvalue weighted by molar-refractivity contribution is 0.0364. The van der Waals surface area contributed by atoms with Crippen LogP contribution in [0, 0.1) is 13.8 Å². The highest BCUT2D eigenvalue weighted by atomic mass is 35.5. The number of aromatic nitrogens is 4. The molecule has 3 aromatic rings. The standard InChI is InChI=1S/C21H24ClN5O2/c1-14-11-15(2)24-21(23-14)27-8-10-29-20(13-27)18-12-16(25-26-18)7-9-28-19-6-4-3-5-17(19)22/h3-6,11-12,20H,7-10,13H2,1-2H3,(H,25,26)/t20-/m0/s1. The van der Waals surface area contributed by atoms with Gasteiger partial charge in [0, 0.05) is 30.0 Å². The maximum atomic E-state index is 6.12. The number of morpholine rings is 1. The normalized spacial score (nSPS) is 16.8. The Morgan fingerprint density at radius 3 is 2.79 bits per heavy atom. The fourth-order valence-electron chi connectivity index (χ4n) is 3.36. The fraction of sp³-hybridized carbons (Fsp3) is 0.381. The van der Waals surface area contributed by atoms with Gasteiger partial charge < -0.3 is 14.4 Å². The first-order valence-corrected chi connectivity index (χ1v) is 10.1. The predicted molar refractivity (Wildman–Crippen MR) is 112 cm³/mol. The maximum absolute atomic E-state index is 6.12. The minimum Gasteiger partial charge on any atom is -0.492 e. The second-order valence-corrected chi connectivity index (χ2v) is 7.51. The maximum Gasteiger partial charge on any atom is 0.225 e. The van der Waals surface area contributed by atoms with E-state index in [1.165, 1.54) is 0 Å². The van der Waals surface area contributed by atoms with Crippen molar-refractivity contribution in [1.82, 2.24) is 20.2 Å². The van der Waals surface area contributed by atoms with Gasteiger partial charge >= 0.3 is 0 Å². The largest absolute Gasteiger partial charge is 0.492 e. The first-order chi connectivity index (χ1) is 14.1. The van der Waals surface area contributed by atoms with Crippen LogP contribution in [-0.4, -0.2) is 46.5 Å². The van der Waals surface area contributed by atoms with Crippen molar-refractivity contribution in [3.05, 3.63) is 64.2 Å². The molecular formula is C21H24ClN5O2. The molecule has 0 radical (unpaired) electrons. The third kappa shape index (κ3) is 4.86. The number of nitrogens with zero attached hydrogens (tertiary/aromatic N) is 4. The Morgan fingerprint density at radius 2 is 2.00 bits per heavy atom. The minimum absolute atomic E-state index is 0.123. The SMILES string of the molecule is Cc1cc(C)nc(N2CCO[C@H](c3cc(CCOc4ccccc4Cl)[nH]n3)C2)n1. The van der Waals surface area contributed by atoms with Crippen LogP contribution in [0.4, 0.5) is 5.95 Å². The van der Waals surface area contributed by atoms with E-state index in [1.54, 1.807) is 0 Å². The molecular weight excluding hydrogens is 390 g/mol. The number of H-pyrrole nitrogens is 1. The van der Waals surface area contributed by atoms with Crippen LogP contribution in [0.15, 0.2) is 36.4 Å². The Labute approximate surface area is 175 Å². The molecule has 0 aliphatic carbocycles. The summed E-state index contributed by atoms with van der Waals surface area (Å²) in [4.78, 5) is 11.3. The number of anilines is 1. The van der Waals surface area contributed by atoms with Crippen molar-refractivity contribution in [2.24, 2.45) is 0 Å². The number of ether oxygens (including phenoxy) is 2. The molecule has 0 unspecified atom stereocenters. The Balaban J connectivity index is 1.36. The average molecular weight is 414 g/mol. The van der Waals surface area contributed by atoms with Crippen LogP contribution in [0.1, 0.15) is 28.9 Å². The summed E-state index contributed by atoms with van der Waals surface area (Å²) in [6, 6.07) is 11.5. The summed E-state index contributed by atoms with van der Waals surface area (Å²) in [6.07, 6.45) is 0.581. The van der Waals surface area contributed by atoms with Gasteiger partial charge in [0.1, 0.15) is 11.9 Å². The number of aryl methyl sites for hydroxylation is 2. The molecule has 1 atom stereocenters. The van der Waals surface area contributed by atoms with Crippen molar-refractivity contribution in [2.45, 2.75) is 26.4 Å². The first-order valence-electron chi connectivity index (χ1n) is 9.69. The quantitative estimate of drug-likeness (QED) is 0.664. The summed E-state index contributed by atoms with van der Waals surface area (Å²) in [5, 5.41) is 8.14. The summed E-state index contributed by atoms with van der Waals surface area (Å²) in [5.41, 5.74) is 3.81. The molecule has 1 saturated heterocycles. The molecule has 1 fully saturated rings. The van der Waals surface area contributed by atoms with Gasteiger partial charge in [-0.1, -0.05) is 23.7 Å². The van der Waals surface area contributed by atoms with Gasteiger partial charge in [0.2, 0.25) is 5.95 Å². The molecule has 0 spiro atoms. The zero-order chi connectivity index (χ0) is 20.2. The Kier molecular flexibility index (Phi) is 5.97. The highest BCUT2D eigenvalue weighted by Crippen LogP contribution is 2.25. The Hall–Kier alpha value is -2.64. The molecule has 29 heavy (non-hydrogen) atoms. The van der Waals surface area contributed by atoms with Gasteiger partial charge in [0.25, 0.3) is 0 Å². The summed E-state index contributed by atoms with van der Waals surface area (Å²) in [7, 11) is 0. The van der Waals surface area contributed by atoms with E-state index in [0.717, 1.165) is 35.3 Å². The van der Waals surface area contributed by atoms with Crippen molar-refractivity contribution < 1.29 is 9.47 Å². The van der Waals surface area contributed by atoms with Crippen LogP contribution in [0.25, 0.3) is 0 Å². The van der Waals surface area contributed by atoms with Crippen LogP contribution >= 0.6 is 11.6 Å². The van der Waals surface area contributed by atoms with E-state index in [1.807, 2.05) is 50.2 Å². The minimum atomic E-state index is -0.123. The second kappa shape index (κ2) is 8.80. The molecule has 4 rings (SSSR count). The van der Waals surface area contributed by atoms with E-state index in [-0.39, 0.29) is 6.10 Å². The summed E-state index contributed by atoms with van der Waals surface area (Å²) in [5.74, 6) is 1.44. The molecule has 8 heteroatoms. The van der Waals surface area contributed by atoms with Crippen LogP contribution < -0.4 is 9.64 Å². The smallest absolute Gasteiger partial charge is 0.225 e. The topological polar surface area (TPSA) is 76.2 Å². The number of halogens is 1. The summed E-state index contributed by atoms with van der Waals surface area (Å²) in [6.45, 7) is 6.53. The molecule has 0 bridgehead atoms. The van der Waals surface area contributed by atoms with Crippen LogP contribution in [0.2, 0.25) is 5.02 Å². The molecule has 3 heterocycles. The molecule has 0 saturated carbocycles. The van der Waals surface area contributed by atoms with Crippen LogP contribution in [0.3, 0.4) is 0 Å². The lowest BCUT2D eigenvalue weighted by Crippen LogP contribution is -2.39. The monoisotopic (exact) mass is 413 g/mol. The third-order valence-corrected chi connectivity index (χ3v) is 5.08. The molecule has 7 nitrogen and oxygen atoms in total. The zero-order valence-corrected chi connectivity index (χ0v) is 17.3. The van der Waals surface area contributed by atoms with Crippen molar-refractivity contribution in [3.63, 3.8) is 0 Å². The van der Waals surface area contributed by atoms with Crippen molar-refractivity contribution in [1.29, 1.82) is 0 Å². The molecule has 1 aliphatic heterocycles. The van der Waals surface area contributed by atoms with Gasteiger partial charge in [-0.3, -0.25) is 5.10 Å². The number of para-hydroxylation sites is 1. The van der Waals surface area contributed by atoms with E-state index in [4.69, 9.17) is 21.1 Å². The molecule has 0 amide bonds. The lowest BCUT2D eigenvalue weighted by atomic mass is 10.2. The first kappa shape index (κ1) is 19.7. The molecule has 1 N–H and O–H groups in total. The fourth-order valence-corrected chi connectivity index (χ4v) is 3.55. The van der Waals surface area contributed by atoms with Gasteiger partial charge in [-0.15, -0.1) is 0 Å². The van der Waals surface area contributed by atoms with Gasteiger partial charge in [-0.25, -0.2) is 9.97 Å².